The zero-order chi connectivity index (χ0) is 17.5. The van der Waals surface area contributed by atoms with Crippen molar-refractivity contribution in [1.29, 1.82) is 0 Å². The van der Waals surface area contributed by atoms with E-state index in [0.717, 1.165) is 16.8 Å². The van der Waals surface area contributed by atoms with Crippen LogP contribution in [0.3, 0.4) is 0 Å². The SMILES string of the molecule is CCOc1ccccc1OCCC(=O)Nc1c(C)cc(C)cc1C. The van der Waals surface area contributed by atoms with Gasteiger partial charge in [0, 0.05) is 5.69 Å². The zero-order valence-electron chi connectivity index (χ0n) is 14.8. The number of nitrogens with one attached hydrogen (secondary N) is 1. The lowest BCUT2D eigenvalue weighted by molar-refractivity contribution is -0.116. The number of hydrogen-bond donors (Lipinski definition) is 1. The number of ether oxygens (including phenoxy) is 2. The third-order valence-corrected chi connectivity index (χ3v) is 3.68. The van der Waals surface area contributed by atoms with Crippen LogP contribution in [0.4, 0.5) is 5.69 Å². The van der Waals surface area contributed by atoms with E-state index in [2.05, 4.69) is 24.4 Å². The summed E-state index contributed by atoms with van der Waals surface area (Å²) in [6, 6.07) is 11.6. The maximum atomic E-state index is 12.2. The average Bonchev–Trinajstić information content (AvgIpc) is 2.53. The Labute approximate surface area is 143 Å². The summed E-state index contributed by atoms with van der Waals surface area (Å²) in [4.78, 5) is 12.2. The molecule has 4 heteroatoms. The fourth-order valence-electron chi connectivity index (χ4n) is 2.68. The van der Waals surface area contributed by atoms with Gasteiger partial charge in [-0.3, -0.25) is 4.79 Å². The van der Waals surface area contributed by atoms with Gasteiger partial charge in [0.15, 0.2) is 11.5 Å². The van der Waals surface area contributed by atoms with Crippen LogP contribution in [-0.2, 0) is 4.79 Å². The molecule has 128 valence electrons. The molecule has 0 atom stereocenters. The topological polar surface area (TPSA) is 47.6 Å². The molecule has 4 nitrogen and oxygen atoms in total. The highest BCUT2D eigenvalue weighted by Crippen LogP contribution is 2.26. The Kier molecular flexibility index (Phi) is 6.24. The lowest BCUT2D eigenvalue weighted by Gasteiger charge is -2.14. The first kappa shape index (κ1) is 17.9. The lowest BCUT2D eigenvalue weighted by atomic mass is 10.1. The van der Waals surface area contributed by atoms with E-state index in [9.17, 15) is 4.79 Å². The van der Waals surface area contributed by atoms with Crippen LogP contribution in [0, 0.1) is 20.8 Å². The van der Waals surface area contributed by atoms with E-state index in [1.165, 1.54) is 5.56 Å². The molecule has 1 N–H and O–H groups in total. The normalized spacial score (nSPS) is 10.3. The fraction of sp³-hybridized carbons (Fsp3) is 0.350. The second-order valence-corrected chi connectivity index (χ2v) is 5.80. The van der Waals surface area contributed by atoms with Crippen molar-refractivity contribution in [2.45, 2.75) is 34.1 Å². The maximum Gasteiger partial charge on any atom is 0.227 e. The van der Waals surface area contributed by atoms with Gasteiger partial charge in [0.05, 0.1) is 19.6 Å². The standard InChI is InChI=1S/C20H25NO3/c1-5-23-17-8-6-7-9-18(17)24-11-10-19(22)21-20-15(3)12-14(2)13-16(20)4/h6-9,12-13H,5,10-11H2,1-4H3,(H,21,22). The molecular formula is C20H25NO3. The predicted octanol–water partition coefficient (Wildman–Crippen LogP) is 4.42. The summed E-state index contributed by atoms with van der Waals surface area (Å²) in [7, 11) is 0. The highest BCUT2D eigenvalue weighted by Gasteiger charge is 2.09. The van der Waals surface area contributed by atoms with Gasteiger partial charge >= 0.3 is 0 Å². The summed E-state index contributed by atoms with van der Waals surface area (Å²) >= 11 is 0. The van der Waals surface area contributed by atoms with Crippen LogP contribution in [0.25, 0.3) is 0 Å². The number of rotatable bonds is 7. The van der Waals surface area contributed by atoms with E-state index in [-0.39, 0.29) is 12.3 Å². The van der Waals surface area contributed by atoms with Crippen LogP contribution in [-0.4, -0.2) is 19.1 Å². The number of carbonyl (C=O) groups is 1. The van der Waals surface area contributed by atoms with E-state index >= 15 is 0 Å². The molecule has 0 aliphatic rings. The average molecular weight is 327 g/mol. The van der Waals surface area contributed by atoms with Crippen molar-refractivity contribution < 1.29 is 14.3 Å². The quantitative estimate of drug-likeness (QED) is 0.819. The van der Waals surface area contributed by atoms with Gasteiger partial charge < -0.3 is 14.8 Å². The Balaban J connectivity index is 1.91. The zero-order valence-corrected chi connectivity index (χ0v) is 14.8. The van der Waals surface area contributed by atoms with Crippen molar-refractivity contribution in [2.24, 2.45) is 0 Å². The molecule has 0 aliphatic heterocycles. The smallest absolute Gasteiger partial charge is 0.227 e. The van der Waals surface area contributed by atoms with Crippen molar-refractivity contribution in [1.82, 2.24) is 0 Å². The molecule has 2 aromatic carbocycles. The third-order valence-electron chi connectivity index (χ3n) is 3.68. The molecule has 24 heavy (non-hydrogen) atoms. The fourth-order valence-corrected chi connectivity index (χ4v) is 2.68. The van der Waals surface area contributed by atoms with Crippen LogP contribution in [0.15, 0.2) is 36.4 Å². The number of carbonyl (C=O) groups excluding carboxylic acids is 1. The summed E-state index contributed by atoms with van der Waals surface area (Å²) in [5.74, 6) is 1.31. The van der Waals surface area contributed by atoms with Crippen LogP contribution in [0.2, 0.25) is 0 Å². The molecule has 0 aliphatic carbocycles. The van der Waals surface area contributed by atoms with Gasteiger partial charge in [-0.25, -0.2) is 0 Å². The van der Waals surface area contributed by atoms with E-state index in [0.29, 0.717) is 24.7 Å². The Morgan fingerprint density at radius 2 is 1.58 bits per heavy atom. The summed E-state index contributed by atoms with van der Waals surface area (Å²) in [6.45, 7) is 8.87. The molecule has 0 aromatic heterocycles. The van der Waals surface area contributed by atoms with Gasteiger partial charge in [0.25, 0.3) is 0 Å². The minimum absolute atomic E-state index is 0.0565. The number of benzene rings is 2. The minimum Gasteiger partial charge on any atom is -0.490 e. The number of amides is 1. The molecular weight excluding hydrogens is 302 g/mol. The summed E-state index contributed by atoms with van der Waals surface area (Å²) in [5, 5.41) is 2.98. The summed E-state index contributed by atoms with van der Waals surface area (Å²) in [6.07, 6.45) is 0.285. The van der Waals surface area contributed by atoms with Crippen LogP contribution in [0.1, 0.15) is 30.0 Å². The van der Waals surface area contributed by atoms with Gasteiger partial charge in [-0.05, 0) is 51.0 Å². The Hall–Kier alpha value is -2.49. The molecule has 2 aromatic rings. The molecule has 0 unspecified atom stereocenters. The molecule has 0 bridgehead atoms. The molecule has 1 amide bonds. The molecule has 0 saturated carbocycles. The molecule has 2 rings (SSSR count). The second kappa shape index (κ2) is 8.39. The first-order valence-electron chi connectivity index (χ1n) is 8.23. The summed E-state index contributed by atoms with van der Waals surface area (Å²) in [5.41, 5.74) is 4.23. The molecule has 0 spiro atoms. The van der Waals surface area contributed by atoms with Gasteiger partial charge in [-0.15, -0.1) is 0 Å². The van der Waals surface area contributed by atoms with Crippen molar-refractivity contribution in [3.63, 3.8) is 0 Å². The minimum atomic E-state index is -0.0565. The van der Waals surface area contributed by atoms with E-state index < -0.39 is 0 Å². The highest BCUT2D eigenvalue weighted by atomic mass is 16.5. The van der Waals surface area contributed by atoms with Crippen molar-refractivity contribution in [3.8, 4) is 11.5 Å². The van der Waals surface area contributed by atoms with Crippen LogP contribution in [0.5, 0.6) is 11.5 Å². The monoisotopic (exact) mass is 327 g/mol. The largest absolute Gasteiger partial charge is 0.490 e. The van der Waals surface area contributed by atoms with E-state index in [1.807, 2.05) is 45.0 Å². The lowest BCUT2D eigenvalue weighted by Crippen LogP contribution is -2.17. The number of para-hydroxylation sites is 2. The number of hydrogen-bond acceptors (Lipinski definition) is 3. The Bertz CT molecular complexity index is 687. The number of aryl methyl sites for hydroxylation is 3. The number of anilines is 1. The Morgan fingerprint density at radius 1 is 1.00 bits per heavy atom. The summed E-state index contributed by atoms with van der Waals surface area (Å²) < 4.78 is 11.2. The first-order valence-corrected chi connectivity index (χ1v) is 8.23. The van der Waals surface area contributed by atoms with Gasteiger partial charge in [0.1, 0.15) is 0 Å². The van der Waals surface area contributed by atoms with Crippen LogP contribution >= 0.6 is 0 Å². The highest BCUT2D eigenvalue weighted by molar-refractivity contribution is 5.92. The molecule has 0 fully saturated rings. The molecule has 0 heterocycles. The third kappa shape index (κ3) is 4.75. The van der Waals surface area contributed by atoms with E-state index in [4.69, 9.17) is 9.47 Å². The second-order valence-electron chi connectivity index (χ2n) is 5.80. The predicted molar refractivity (Wildman–Crippen MR) is 97.0 cm³/mol. The van der Waals surface area contributed by atoms with Crippen molar-refractivity contribution in [2.75, 3.05) is 18.5 Å². The van der Waals surface area contributed by atoms with E-state index in [1.54, 1.807) is 0 Å². The first-order chi connectivity index (χ1) is 11.5. The van der Waals surface area contributed by atoms with Crippen LogP contribution < -0.4 is 14.8 Å². The van der Waals surface area contributed by atoms with Gasteiger partial charge in [-0.1, -0.05) is 29.8 Å². The molecule has 0 saturated heterocycles. The maximum absolute atomic E-state index is 12.2. The van der Waals surface area contributed by atoms with Gasteiger partial charge in [0.2, 0.25) is 5.91 Å². The van der Waals surface area contributed by atoms with Gasteiger partial charge in [-0.2, -0.15) is 0 Å². The van der Waals surface area contributed by atoms with Crippen molar-refractivity contribution >= 4 is 11.6 Å². The Morgan fingerprint density at radius 3 is 2.17 bits per heavy atom. The van der Waals surface area contributed by atoms with Crippen molar-refractivity contribution in [3.05, 3.63) is 53.1 Å². The molecule has 0 radical (unpaired) electrons.